The molecule has 2 aromatic carbocycles. The largest absolute Gasteiger partial charge is 0.192 e. The van der Waals surface area contributed by atoms with Gasteiger partial charge >= 0.3 is 0 Å². The first kappa shape index (κ1) is 17.7. The average molecular weight is 332 g/mol. The molecule has 0 radical (unpaired) electrons. The molecule has 0 aliphatic heterocycles. The molecule has 1 fully saturated rings. The van der Waals surface area contributed by atoms with Crippen LogP contribution >= 0.6 is 0 Å². The molecule has 1 aliphatic rings. The summed E-state index contributed by atoms with van der Waals surface area (Å²) in [7, 11) is 0. The van der Waals surface area contributed by atoms with Crippen molar-refractivity contribution in [3.05, 3.63) is 70.3 Å². The summed E-state index contributed by atoms with van der Waals surface area (Å²) in [5.41, 5.74) is 6.48. The zero-order valence-corrected chi connectivity index (χ0v) is 15.6. The lowest BCUT2D eigenvalue weighted by atomic mass is 9.77. The highest BCUT2D eigenvalue weighted by atomic mass is 14.3. The predicted molar refractivity (Wildman–Crippen MR) is 105 cm³/mol. The van der Waals surface area contributed by atoms with Crippen LogP contribution in [0.4, 0.5) is 0 Å². The Kier molecular flexibility index (Phi) is 5.92. The van der Waals surface area contributed by atoms with Crippen molar-refractivity contribution in [3.63, 3.8) is 0 Å². The van der Waals surface area contributed by atoms with Crippen molar-refractivity contribution in [2.24, 2.45) is 5.92 Å². The number of nitrogens with zero attached hydrogens (tertiary/aromatic N) is 1. The van der Waals surface area contributed by atoms with E-state index in [1.54, 1.807) is 5.56 Å². The quantitative estimate of drug-likeness (QED) is 0.627. The lowest BCUT2D eigenvalue weighted by Gasteiger charge is -2.28. The van der Waals surface area contributed by atoms with Gasteiger partial charge in [0.1, 0.15) is 0 Å². The van der Waals surface area contributed by atoms with Crippen LogP contribution in [-0.2, 0) is 12.8 Å². The van der Waals surface area contributed by atoms with Crippen molar-refractivity contribution < 1.29 is 0 Å². The number of rotatable bonds is 5. The van der Waals surface area contributed by atoms with Crippen molar-refractivity contribution in [1.29, 1.82) is 5.26 Å². The van der Waals surface area contributed by atoms with E-state index in [4.69, 9.17) is 5.26 Å². The fourth-order valence-corrected chi connectivity index (χ4v) is 4.18. The molecular formula is C24H29N. The Labute approximate surface area is 152 Å². The summed E-state index contributed by atoms with van der Waals surface area (Å²) in [5, 5.41) is 8.88. The fourth-order valence-electron chi connectivity index (χ4n) is 4.18. The number of aryl methyl sites for hydroxylation is 3. The number of hydrogen-bond donors (Lipinski definition) is 0. The molecule has 0 N–H and O–H groups in total. The van der Waals surface area contributed by atoms with E-state index in [-0.39, 0.29) is 0 Å². The first-order valence-electron chi connectivity index (χ1n) is 9.78. The molecule has 1 heteroatoms. The molecule has 1 aliphatic carbocycles. The van der Waals surface area contributed by atoms with Crippen molar-refractivity contribution in [1.82, 2.24) is 0 Å². The van der Waals surface area contributed by atoms with Gasteiger partial charge < -0.3 is 0 Å². The van der Waals surface area contributed by atoms with E-state index in [1.807, 2.05) is 12.1 Å². The van der Waals surface area contributed by atoms with Gasteiger partial charge in [-0.25, -0.2) is 0 Å². The summed E-state index contributed by atoms with van der Waals surface area (Å²) in [5.74, 6) is 1.73. The Hall–Kier alpha value is -2.07. The van der Waals surface area contributed by atoms with Crippen LogP contribution in [0.2, 0.25) is 0 Å². The second-order valence-corrected chi connectivity index (χ2v) is 7.62. The van der Waals surface area contributed by atoms with Gasteiger partial charge in [0, 0.05) is 0 Å². The van der Waals surface area contributed by atoms with Gasteiger partial charge in [0.2, 0.25) is 0 Å². The Balaban J connectivity index is 1.61. The van der Waals surface area contributed by atoms with Gasteiger partial charge in [0.05, 0.1) is 11.6 Å². The zero-order chi connectivity index (χ0) is 17.6. The van der Waals surface area contributed by atoms with Crippen LogP contribution in [0.1, 0.15) is 72.8 Å². The summed E-state index contributed by atoms with van der Waals surface area (Å²) in [6, 6.07) is 17.3. The molecular weight excluding hydrogens is 302 g/mol. The third-order valence-electron chi connectivity index (χ3n) is 6.03. The van der Waals surface area contributed by atoms with Crippen molar-refractivity contribution >= 4 is 0 Å². The van der Waals surface area contributed by atoms with Crippen molar-refractivity contribution in [2.75, 3.05) is 0 Å². The fraction of sp³-hybridized carbons (Fsp3) is 0.458. The van der Waals surface area contributed by atoms with Crippen LogP contribution in [-0.4, -0.2) is 0 Å². The predicted octanol–water partition coefficient (Wildman–Crippen LogP) is 6.34. The van der Waals surface area contributed by atoms with E-state index in [2.05, 4.69) is 50.2 Å². The molecule has 0 atom stereocenters. The number of nitriles is 1. The van der Waals surface area contributed by atoms with Crippen molar-refractivity contribution in [2.45, 2.75) is 64.7 Å². The highest BCUT2D eigenvalue weighted by Gasteiger charge is 2.21. The minimum Gasteiger partial charge on any atom is -0.192 e. The molecule has 1 saturated carbocycles. The molecule has 3 rings (SSSR count). The Morgan fingerprint density at radius 2 is 1.68 bits per heavy atom. The Morgan fingerprint density at radius 1 is 0.960 bits per heavy atom. The van der Waals surface area contributed by atoms with Crippen LogP contribution in [0.5, 0.6) is 0 Å². The summed E-state index contributed by atoms with van der Waals surface area (Å²) < 4.78 is 0. The topological polar surface area (TPSA) is 23.8 Å². The number of hydrogen-bond acceptors (Lipinski definition) is 1. The van der Waals surface area contributed by atoms with Gasteiger partial charge in [0.15, 0.2) is 0 Å². The molecule has 0 saturated heterocycles. The van der Waals surface area contributed by atoms with Gasteiger partial charge in [-0.15, -0.1) is 0 Å². The van der Waals surface area contributed by atoms with Crippen LogP contribution in [0.25, 0.3) is 0 Å². The Morgan fingerprint density at radius 3 is 2.28 bits per heavy atom. The van der Waals surface area contributed by atoms with Crippen LogP contribution in [0, 0.1) is 24.2 Å². The van der Waals surface area contributed by atoms with E-state index in [0.717, 1.165) is 30.2 Å². The van der Waals surface area contributed by atoms with Crippen molar-refractivity contribution in [3.8, 4) is 6.07 Å². The molecule has 0 bridgehead atoms. The SMILES string of the molecule is CC[C@H]1CC[C@H](c2ccc(CCc3ccc(C#N)cc3)c(C)c2)CC1. The first-order chi connectivity index (χ1) is 12.2. The number of benzene rings is 2. The third-order valence-corrected chi connectivity index (χ3v) is 6.03. The van der Waals surface area contributed by atoms with Gasteiger partial charge in [-0.1, -0.05) is 43.7 Å². The second kappa shape index (κ2) is 8.34. The van der Waals surface area contributed by atoms with Gasteiger partial charge in [0.25, 0.3) is 0 Å². The second-order valence-electron chi connectivity index (χ2n) is 7.62. The molecule has 0 heterocycles. The first-order valence-corrected chi connectivity index (χ1v) is 9.78. The highest BCUT2D eigenvalue weighted by Crippen LogP contribution is 2.37. The summed E-state index contributed by atoms with van der Waals surface area (Å²) >= 11 is 0. The van der Waals surface area contributed by atoms with Crippen LogP contribution in [0.15, 0.2) is 42.5 Å². The summed E-state index contributed by atoms with van der Waals surface area (Å²) in [6.45, 7) is 4.59. The lowest BCUT2D eigenvalue weighted by Crippen LogP contribution is -2.12. The van der Waals surface area contributed by atoms with Gasteiger partial charge in [-0.05, 0) is 91.7 Å². The van der Waals surface area contributed by atoms with E-state index in [0.29, 0.717) is 0 Å². The van der Waals surface area contributed by atoms with Crippen LogP contribution < -0.4 is 0 Å². The summed E-state index contributed by atoms with van der Waals surface area (Å²) in [4.78, 5) is 0. The molecule has 0 spiro atoms. The average Bonchev–Trinajstić information content (AvgIpc) is 2.67. The smallest absolute Gasteiger partial charge is 0.0991 e. The maximum atomic E-state index is 8.88. The minimum atomic E-state index is 0.738. The normalized spacial score (nSPS) is 20.2. The van der Waals surface area contributed by atoms with E-state index >= 15 is 0 Å². The summed E-state index contributed by atoms with van der Waals surface area (Å²) in [6.07, 6.45) is 8.99. The zero-order valence-electron chi connectivity index (χ0n) is 15.6. The molecule has 25 heavy (non-hydrogen) atoms. The third kappa shape index (κ3) is 4.51. The molecule has 130 valence electrons. The van der Waals surface area contributed by atoms with E-state index in [1.165, 1.54) is 48.8 Å². The highest BCUT2D eigenvalue weighted by molar-refractivity contribution is 5.35. The van der Waals surface area contributed by atoms with Crippen LogP contribution in [0.3, 0.4) is 0 Å². The molecule has 0 amide bonds. The molecule has 0 unspecified atom stereocenters. The maximum absolute atomic E-state index is 8.88. The monoisotopic (exact) mass is 331 g/mol. The van der Waals surface area contributed by atoms with Gasteiger partial charge in [-0.3, -0.25) is 0 Å². The van der Waals surface area contributed by atoms with Gasteiger partial charge in [-0.2, -0.15) is 5.26 Å². The molecule has 0 aromatic heterocycles. The molecule has 2 aromatic rings. The lowest BCUT2D eigenvalue weighted by molar-refractivity contribution is 0.318. The molecule has 1 nitrogen and oxygen atoms in total. The van der Waals surface area contributed by atoms with E-state index in [9.17, 15) is 0 Å². The minimum absolute atomic E-state index is 0.738. The standard InChI is InChI=1S/C24H29N/c1-3-19-8-12-23(13-9-19)24-15-14-22(18(2)16-24)11-10-20-4-6-21(17-25)7-5-20/h4-7,14-16,19,23H,3,8-13H2,1-2H3/t19-,23-. The Bertz CT molecular complexity index is 728. The van der Waals surface area contributed by atoms with E-state index < -0.39 is 0 Å². The maximum Gasteiger partial charge on any atom is 0.0991 e.